The maximum absolute atomic E-state index is 13.0. The van der Waals surface area contributed by atoms with E-state index in [1.54, 1.807) is 26.0 Å². The summed E-state index contributed by atoms with van der Waals surface area (Å²) < 4.78 is 39.6. The van der Waals surface area contributed by atoms with Crippen LogP contribution in [0.15, 0.2) is 47.6 Å². The molecule has 12 heteroatoms. The van der Waals surface area contributed by atoms with Gasteiger partial charge in [0.25, 0.3) is 5.91 Å². The van der Waals surface area contributed by atoms with Crippen LogP contribution in [0.3, 0.4) is 0 Å². The number of hydrogen-bond donors (Lipinski definition) is 2. The molecule has 0 aliphatic heterocycles. The molecule has 34 heavy (non-hydrogen) atoms. The first kappa shape index (κ1) is 27.4. The van der Waals surface area contributed by atoms with Gasteiger partial charge in [0.2, 0.25) is 10.0 Å². The first-order valence-electron chi connectivity index (χ1n) is 10.4. The predicted molar refractivity (Wildman–Crippen MR) is 125 cm³/mol. The van der Waals surface area contributed by atoms with Crippen molar-refractivity contribution in [3.63, 3.8) is 0 Å². The Morgan fingerprint density at radius 2 is 1.79 bits per heavy atom. The minimum Gasteiger partial charge on any atom is -0.481 e. The monoisotopic (exact) mass is 511 g/mol. The van der Waals surface area contributed by atoms with Crippen molar-refractivity contribution in [2.24, 2.45) is 0 Å². The summed E-state index contributed by atoms with van der Waals surface area (Å²) in [6.45, 7) is 3.84. The molecule has 2 N–H and O–H groups in total. The number of ketones is 1. The zero-order valence-electron chi connectivity index (χ0n) is 18.7. The number of nitrogens with zero attached hydrogens (tertiary/aromatic N) is 2. The van der Waals surface area contributed by atoms with Crippen molar-refractivity contribution in [1.82, 2.24) is 14.6 Å². The molecule has 1 heterocycles. The topological polar surface area (TPSA) is 134 Å². The summed E-state index contributed by atoms with van der Waals surface area (Å²) in [5.74, 6) is -2.66. The lowest BCUT2D eigenvalue weighted by molar-refractivity contribution is -0.139. The number of pyridine rings is 1. The number of sulfonamides is 1. The third-order valence-corrected chi connectivity index (χ3v) is 7.86. The Labute approximate surface area is 201 Å². The number of aliphatic carboxylic acids is 1. The first-order valence-corrected chi connectivity index (χ1v) is 13.0. The normalized spacial score (nSPS) is 12.4. The summed E-state index contributed by atoms with van der Waals surface area (Å²) in [6, 6.07) is 5.59. The number of Topliss-reactive ketones (excluding diaryl/α,β-unsaturated/α-hetero) is 1. The molecule has 2 aromatic rings. The van der Waals surface area contributed by atoms with Crippen molar-refractivity contribution < 1.29 is 32.3 Å². The second kappa shape index (κ2) is 12.6. The van der Waals surface area contributed by atoms with Crippen LogP contribution in [0.2, 0.25) is 0 Å². The molecule has 1 aromatic carbocycles. The van der Waals surface area contributed by atoms with E-state index in [-0.39, 0.29) is 35.1 Å². The Bertz CT molecular complexity index is 1120. The quantitative estimate of drug-likeness (QED) is 0.419. The van der Waals surface area contributed by atoms with Crippen LogP contribution >= 0.6 is 11.8 Å². The fraction of sp³-hybridized carbons (Fsp3) is 0.364. The number of halogens is 1. The highest BCUT2D eigenvalue weighted by atomic mass is 32.2. The molecule has 1 aromatic heterocycles. The molecule has 0 saturated heterocycles. The van der Waals surface area contributed by atoms with E-state index in [4.69, 9.17) is 5.11 Å². The minimum absolute atomic E-state index is 0.0791. The Morgan fingerprint density at radius 1 is 1.15 bits per heavy atom. The largest absolute Gasteiger partial charge is 0.481 e. The highest BCUT2D eigenvalue weighted by Gasteiger charge is 2.26. The number of carboxylic acids is 1. The number of hydrogen-bond acceptors (Lipinski definition) is 7. The van der Waals surface area contributed by atoms with Crippen molar-refractivity contribution in [3.8, 4) is 0 Å². The Kier molecular flexibility index (Phi) is 10.1. The van der Waals surface area contributed by atoms with Gasteiger partial charge >= 0.3 is 5.97 Å². The molecule has 9 nitrogen and oxygen atoms in total. The molecule has 0 fully saturated rings. The molecule has 1 amide bonds. The Morgan fingerprint density at radius 3 is 2.38 bits per heavy atom. The molecule has 0 aliphatic carbocycles. The van der Waals surface area contributed by atoms with Gasteiger partial charge < -0.3 is 10.4 Å². The van der Waals surface area contributed by atoms with E-state index in [1.165, 1.54) is 28.2 Å². The number of carbonyl (C=O) groups excluding carboxylic acids is 2. The van der Waals surface area contributed by atoms with Gasteiger partial charge in [0, 0.05) is 31.2 Å². The van der Waals surface area contributed by atoms with Crippen LogP contribution in [0.1, 0.15) is 36.2 Å². The summed E-state index contributed by atoms with van der Waals surface area (Å²) in [5.41, 5.74) is 0.672. The Hall–Kier alpha value is -2.83. The van der Waals surface area contributed by atoms with Crippen LogP contribution in [0, 0.1) is 5.82 Å². The van der Waals surface area contributed by atoms with Gasteiger partial charge in [-0.1, -0.05) is 26.0 Å². The van der Waals surface area contributed by atoms with E-state index < -0.39 is 40.1 Å². The van der Waals surface area contributed by atoms with Crippen LogP contribution in [0.25, 0.3) is 0 Å². The van der Waals surface area contributed by atoms with Crippen LogP contribution in [0.5, 0.6) is 0 Å². The average molecular weight is 512 g/mol. The number of thioether (sulfide) groups is 1. The zero-order valence-corrected chi connectivity index (χ0v) is 20.4. The summed E-state index contributed by atoms with van der Waals surface area (Å²) in [5, 5.41) is 11.5. The third kappa shape index (κ3) is 7.61. The molecule has 0 aliphatic rings. The number of nitrogens with one attached hydrogen (secondary N) is 1. The van der Waals surface area contributed by atoms with Crippen LogP contribution in [0.4, 0.5) is 4.39 Å². The molecular formula is C22H26FN3O6S2. The molecule has 2 rings (SSSR count). The number of rotatable bonds is 13. The number of benzene rings is 1. The van der Waals surface area contributed by atoms with E-state index in [0.29, 0.717) is 5.75 Å². The summed E-state index contributed by atoms with van der Waals surface area (Å²) >= 11 is 1.20. The Balaban J connectivity index is 2.10. The van der Waals surface area contributed by atoms with Gasteiger partial charge in [-0.25, -0.2) is 12.8 Å². The van der Waals surface area contributed by atoms with Crippen LogP contribution in [-0.4, -0.2) is 65.4 Å². The first-order chi connectivity index (χ1) is 16.1. The van der Waals surface area contributed by atoms with Gasteiger partial charge in [0.1, 0.15) is 10.7 Å². The molecule has 1 atom stereocenters. The van der Waals surface area contributed by atoms with Gasteiger partial charge in [-0.15, -0.1) is 11.8 Å². The summed E-state index contributed by atoms with van der Waals surface area (Å²) in [7, 11) is -3.86. The number of carboxylic acid groups (broad SMARTS) is 1. The van der Waals surface area contributed by atoms with Crippen molar-refractivity contribution >= 4 is 39.4 Å². The van der Waals surface area contributed by atoms with E-state index in [2.05, 4.69) is 10.3 Å². The molecule has 184 valence electrons. The van der Waals surface area contributed by atoms with Gasteiger partial charge in [-0.3, -0.25) is 19.4 Å². The smallest absolute Gasteiger partial charge is 0.305 e. The van der Waals surface area contributed by atoms with Crippen molar-refractivity contribution in [2.45, 2.75) is 37.0 Å². The lowest BCUT2D eigenvalue weighted by Gasteiger charge is -2.19. The molecule has 0 unspecified atom stereocenters. The van der Waals surface area contributed by atoms with Gasteiger partial charge in [0.05, 0.1) is 23.8 Å². The summed E-state index contributed by atoms with van der Waals surface area (Å²) in [6.07, 6.45) is 1.63. The van der Waals surface area contributed by atoms with Gasteiger partial charge in [-0.2, -0.15) is 4.31 Å². The van der Waals surface area contributed by atoms with E-state index in [1.807, 2.05) is 0 Å². The number of amides is 1. The number of aromatic nitrogens is 1. The lowest BCUT2D eigenvalue weighted by atomic mass is 10.1. The molecule has 0 bridgehead atoms. The standard InChI is InChI=1S/C22H26FN3O6S2/c1-3-26(4-2)34(31,32)18-9-16(11-24-12-18)22(30)25-19(10-21(28)29)20(27)14-33-13-15-5-7-17(23)8-6-15/h5-9,11-12,19H,3-4,10,13-14H2,1-2H3,(H,25,30)(H,28,29)/t19-/m0/s1. The van der Waals surface area contributed by atoms with Crippen LogP contribution < -0.4 is 5.32 Å². The molecular weight excluding hydrogens is 485 g/mol. The van der Waals surface area contributed by atoms with E-state index >= 15 is 0 Å². The second-order valence-electron chi connectivity index (χ2n) is 7.21. The fourth-order valence-corrected chi connectivity index (χ4v) is 5.39. The SMILES string of the molecule is CCN(CC)S(=O)(=O)c1cncc(C(=O)N[C@@H](CC(=O)O)C(=O)CSCc2ccc(F)cc2)c1. The maximum Gasteiger partial charge on any atom is 0.305 e. The molecule has 0 radical (unpaired) electrons. The lowest BCUT2D eigenvalue weighted by Crippen LogP contribution is -2.43. The molecule has 0 spiro atoms. The van der Waals surface area contributed by atoms with Crippen molar-refractivity contribution in [1.29, 1.82) is 0 Å². The maximum atomic E-state index is 13.0. The van der Waals surface area contributed by atoms with Crippen LogP contribution in [-0.2, 0) is 25.4 Å². The predicted octanol–water partition coefficient (Wildman–Crippen LogP) is 2.33. The molecule has 0 saturated carbocycles. The average Bonchev–Trinajstić information content (AvgIpc) is 2.80. The van der Waals surface area contributed by atoms with Crippen molar-refractivity contribution in [2.75, 3.05) is 18.8 Å². The van der Waals surface area contributed by atoms with E-state index in [9.17, 15) is 27.2 Å². The highest BCUT2D eigenvalue weighted by molar-refractivity contribution is 7.99. The minimum atomic E-state index is -3.86. The van der Waals surface area contributed by atoms with E-state index in [0.717, 1.165) is 24.0 Å². The summed E-state index contributed by atoms with van der Waals surface area (Å²) in [4.78, 5) is 40.2. The van der Waals surface area contributed by atoms with Gasteiger partial charge in [-0.05, 0) is 23.8 Å². The second-order valence-corrected chi connectivity index (χ2v) is 10.1. The third-order valence-electron chi connectivity index (χ3n) is 4.82. The fourth-order valence-electron chi connectivity index (χ4n) is 3.01. The zero-order chi connectivity index (χ0) is 25.3. The van der Waals surface area contributed by atoms with Crippen molar-refractivity contribution in [3.05, 3.63) is 59.7 Å². The number of carbonyl (C=O) groups is 3. The van der Waals surface area contributed by atoms with Gasteiger partial charge in [0.15, 0.2) is 5.78 Å². The highest BCUT2D eigenvalue weighted by Crippen LogP contribution is 2.17.